The van der Waals surface area contributed by atoms with E-state index in [1.165, 1.54) is 0 Å². The van der Waals surface area contributed by atoms with E-state index in [1.807, 2.05) is 49.4 Å². The molecule has 4 rings (SSSR count). The molecule has 0 radical (unpaired) electrons. The van der Waals surface area contributed by atoms with Crippen LogP contribution in [0.3, 0.4) is 0 Å². The number of carbonyl (C=O) groups excluding carboxylic acids is 2. The van der Waals surface area contributed by atoms with Crippen LogP contribution in [0.5, 0.6) is 5.75 Å². The molecule has 1 heterocycles. The molecule has 0 bridgehead atoms. The van der Waals surface area contributed by atoms with Gasteiger partial charge in [0.05, 0.1) is 13.7 Å². The summed E-state index contributed by atoms with van der Waals surface area (Å²) in [5.41, 5.74) is 1.59. The average molecular weight is 433 g/mol. The molecule has 0 atom stereocenters. The summed E-state index contributed by atoms with van der Waals surface area (Å²) in [6.07, 6.45) is 1.84. The minimum Gasteiger partial charge on any atom is -0.497 e. The van der Waals surface area contributed by atoms with Gasteiger partial charge >= 0.3 is 0 Å². The van der Waals surface area contributed by atoms with Crippen LogP contribution in [-0.4, -0.2) is 41.3 Å². The molecular formula is C26H28N2O4. The van der Waals surface area contributed by atoms with Crippen molar-refractivity contribution in [1.82, 2.24) is 9.80 Å². The minimum absolute atomic E-state index is 0.0437. The summed E-state index contributed by atoms with van der Waals surface area (Å²) < 4.78 is 10.9. The maximum atomic E-state index is 13.4. The molecule has 32 heavy (non-hydrogen) atoms. The van der Waals surface area contributed by atoms with Gasteiger partial charge < -0.3 is 19.0 Å². The van der Waals surface area contributed by atoms with Crippen molar-refractivity contribution in [3.63, 3.8) is 0 Å². The molecule has 0 unspecified atom stereocenters. The molecule has 1 aliphatic rings. The van der Waals surface area contributed by atoms with Crippen LogP contribution in [-0.2, 0) is 17.9 Å². The van der Waals surface area contributed by atoms with E-state index in [-0.39, 0.29) is 24.4 Å². The van der Waals surface area contributed by atoms with Crippen molar-refractivity contribution < 1.29 is 18.7 Å². The molecule has 1 aromatic heterocycles. The van der Waals surface area contributed by atoms with Crippen molar-refractivity contribution >= 4 is 11.8 Å². The van der Waals surface area contributed by atoms with Gasteiger partial charge in [0.1, 0.15) is 23.8 Å². The number of ether oxygens (including phenoxy) is 1. The van der Waals surface area contributed by atoms with Crippen LogP contribution in [0.2, 0.25) is 0 Å². The van der Waals surface area contributed by atoms with Crippen LogP contribution < -0.4 is 4.74 Å². The van der Waals surface area contributed by atoms with Crippen LogP contribution in [0.25, 0.3) is 0 Å². The first kappa shape index (κ1) is 21.7. The third kappa shape index (κ3) is 5.38. The molecule has 1 saturated carbocycles. The predicted octanol–water partition coefficient (Wildman–Crippen LogP) is 4.43. The second kappa shape index (κ2) is 9.73. The molecule has 166 valence electrons. The van der Waals surface area contributed by atoms with Gasteiger partial charge in [-0.3, -0.25) is 9.59 Å². The van der Waals surface area contributed by atoms with Crippen LogP contribution in [0, 0.1) is 6.92 Å². The van der Waals surface area contributed by atoms with Gasteiger partial charge in [-0.05, 0) is 61.7 Å². The number of rotatable bonds is 9. The van der Waals surface area contributed by atoms with Gasteiger partial charge in [-0.25, -0.2) is 0 Å². The zero-order valence-corrected chi connectivity index (χ0v) is 18.5. The Morgan fingerprint density at radius 1 is 0.969 bits per heavy atom. The second-order valence-electron chi connectivity index (χ2n) is 8.14. The third-order valence-electron chi connectivity index (χ3n) is 5.60. The van der Waals surface area contributed by atoms with Crippen molar-refractivity contribution in [3.05, 3.63) is 89.4 Å². The lowest BCUT2D eigenvalue weighted by Gasteiger charge is -2.27. The Bertz CT molecular complexity index is 1050. The first-order valence-corrected chi connectivity index (χ1v) is 10.9. The second-order valence-corrected chi connectivity index (χ2v) is 8.14. The zero-order chi connectivity index (χ0) is 22.5. The third-order valence-corrected chi connectivity index (χ3v) is 5.60. The molecular weight excluding hydrogens is 404 g/mol. The van der Waals surface area contributed by atoms with Gasteiger partial charge in [-0.1, -0.05) is 30.3 Å². The molecule has 0 aliphatic heterocycles. The fraction of sp³-hybridized carbons (Fsp3) is 0.308. The van der Waals surface area contributed by atoms with E-state index >= 15 is 0 Å². The number of hydrogen-bond acceptors (Lipinski definition) is 4. The smallest absolute Gasteiger partial charge is 0.254 e. The van der Waals surface area contributed by atoms with Crippen molar-refractivity contribution in [2.45, 2.75) is 38.9 Å². The van der Waals surface area contributed by atoms with Gasteiger partial charge in [-0.2, -0.15) is 0 Å². The van der Waals surface area contributed by atoms with E-state index in [4.69, 9.17) is 9.15 Å². The van der Waals surface area contributed by atoms with Crippen molar-refractivity contribution in [2.75, 3.05) is 13.7 Å². The van der Waals surface area contributed by atoms with E-state index < -0.39 is 0 Å². The normalized spacial score (nSPS) is 12.9. The summed E-state index contributed by atoms with van der Waals surface area (Å²) in [7, 11) is 1.59. The number of hydrogen-bond donors (Lipinski definition) is 0. The van der Waals surface area contributed by atoms with E-state index in [0.29, 0.717) is 24.4 Å². The fourth-order valence-corrected chi connectivity index (χ4v) is 3.69. The standard InChI is InChI=1S/C26H28N2O4/c1-19-8-13-24(32-19)17-27(16-20-6-4-3-5-7-20)25(29)18-28(22-11-12-22)26(30)21-9-14-23(31-2)15-10-21/h3-10,13-15,22H,11-12,16-18H2,1-2H3. The largest absolute Gasteiger partial charge is 0.497 e. The fourth-order valence-electron chi connectivity index (χ4n) is 3.69. The topological polar surface area (TPSA) is 63.0 Å². The quantitative estimate of drug-likeness (QED) is 0.502. The first-order chi connectivity index (χ1) is 15.5. The molecule has 2 amide bonds. The summed E-state index contributed by atoms with van der Waals surface area (Å²) in [6.45, 7) is 2.74. The highest BCUT2D eigenvalue weighted by molar-refractivity contribution is 5.97. The summed E-state index contributed by atoms with van der Waals surface area (Å²) in [6, 6.07) is 20.8. The Kier molecular flexibility index (Phi) is 6.59. The van der Waals surface area contributed by atoms with Crippen LogP contribution >= 0.6 is 0 Å². The number of amides is 2. The number of carbonyl (C=O) groups is 2. The lowest BCUT2D eigenvalue weighted by atomic mass is 10.1. The van der Waals surface area contributed by atoms with E-state index in [9.17, 15) is 9.59 Å². The molecule has 3 aromatic rings. The van der Waals surface area contributed by atoms with Crippen molar-refractivity contribution in [1.29, 1.82) is 0 Å². The first-order valence-electron chi connectivity index (χ1n) is 10.9. The van der Waals surface area contributed by atoms with Crippen molar-refractivity contribution in [3.8, 4) is 5.75 Å². The van der Waals surface area contributed by atoms with Gasteiger partial charge in [0, 0.05) is 18.2 Å². The molecule has 0 saturated heterocycles. The maximum Gasteiger partial charge on any atom is 0.254 e. The minimum atomic E-state index is -0.128. The molecule has 1 fully saturated rings. The summed E-state index contributed by atoms with van der Waals surface area (Å²) in [5.74, 6) is 2.00. The maximum absolute atomic E-state index is 13.4. The summed E-state index contributed by atoms with van der Waals surface area (Å²) in [5, 5.41) is 0. The Hall–Kier alpha value is -3.54. The molecule has 1 aliphatic carbocycles. The Morgan fingerprint density at radius 2 is 1.69 bits per heavy atom. The van der Waals surface area contributed by atoms with E-state index in [1.54, 1.807) is 41.2 Å². The highest BCUT2D eigenvalue weighted by Gasteiger charge is 2.35. The van der Waals surface area contributed by atoms with Crippen LogP contribution in [0.15, 0.2) is 71.1 Å². The van der Waals surface area contributed by atoms with Gasteiger partial charge in [0.15, 0.2) is 0 Å². The SMILES string of the molecule is COc1ccc(C(=O)N(CC(=O)N(Cc2ccccc2)Cc2ccc(C)o2)C2CC2)cc1. The number of aryl methyl sites for hydroxylation is 1. The zero-order valence-electron chi connectivity index (χ0n) is 18.5. The summed E-state index contributed by atoms with van der Waals surface area (Å²) >= 11 is 0. The van der Waals surface area contributed by atoms with E-state index in [0.717, 1.165) is 29.9 Å². The Balaban J connectivity index is 1.52. The predicted molar refractivity (Wildman–Crippen MR) is 121 cm³/mol. The molecule has 6 heteroatoms. The lowest BCUT2D eigenvalue weighted by Crippen LogP contribution is -2.43. The van der Waals surface area contributed by atoms with Gasteiger partial charge in [0.25, 0.3) is 5.91 Å². The van der Waals surface area contributed by atoms with Crippen LogP contribution in [0.1, 0.15) is 40.3 Å². The van der Waals surface area contributed by atoms with Crippen molar-refractivity contribution in [2.24, 2.45) is 0 Å². The Morgan fingerprint density at radius 3 is 2.28 bits per heavy atom. The number of nitrogens with zero attached hydrogens (tertiary/aromatic N) is 2. The molecule has 0 spiro atoms. The Labute approximate surface area is 188 Å². The van der Waals surface area contributed by atoms with E-state index in [2.05, 4.69) is 0 Å². The van der Waals surface area contributed by atoms with Gasteiger partial charge in [0.2, 0.25) is 5.91 Å². The molecule has 6 nitrogen and oxygen atoms in total. The highest BCUT2D eigenvalue weighted by atomic mass is 16.5. The van der Waals surface area contributed by atoms with Gasteiger partial charge in [-0.15, -0.1) is 0 Å². The summed E-state index contributed by atoms with van der Waals surface area (Å²) in [4.78, 5) is 30.1. The monoisotopic (exact) mass is 432 g/mol. The molecule has 2 aromatic carbocycles. The molecule has 0 N–H and O–H groups in total. The average Bonchev–Trinajstić information content (AvgIpc) is 3.58. The lowest BCUT2D eigenvalue weighted by molar-refractivity contribution is -0.133. The number of furan rings is 1. The van der Waals surface area contributed by atoms with Crippen LogP contribution in [0.4, 0.5) is 0 Å². The highest BCUT2D eigenvalue weighted by Crippen LogP contribution is 2.29. The number of benzene rings is 2. The number of methoxy groups -OCH3 is 1.